The van der Waals surface area contributed by atoms with Crippen molar-refractivity contribution >= 4 is 11.9 Å². The van der Waals surface area contributed by atoms with E-state index in [1.165, 1.54) is 57.6 Å². The van der Waals surface area contributed by atoms with Gasteiger partial charge in [-0.2, -0.15) is 0 Å². The van der Waals surface area contributed by atoms with E-state index in [9.17, 15) is 9.59 Å². The summed E-state index contributed by atoms with van der Waals surface area (Å²) in [6, 6.07) is 2.85. The second-order valence-corrected chi connectivity index (χ2v) is 7.48. The summed E-state index contributed by atoms with van der Waals surface area (Å²) >= 11 is 0. The maximum atomic E-state index is 12.4. The monoisotopic (exact) mass is 377 g/mol. The Balaban J connectivity index is 1.54. The van der Waals surface area contributed by atoms with E-state index in [0.717, 1.165) is 19.3 Å². The number of hydrogen-bond donors (Lipinski definition) is 0. The molecule has 1 aliphatic rings. The highest BCUT2D eigenvalue weighted by Crippen LogP contribution is 2.21. The second-order valence-electron chi connectivity index (χ2n) is 7.48. The van der Waals surface area contributed by atoms with Gasteiger partial charge in [0.05, 0.1) is 12.9 Å². The molecule has 1 fully saturated rings. The molecule has 1 unspecified atom stereocenters. The van der Waals surface area contributed by atoms with Crippen LogP contribution in [0.3, 0.4) is 0 Å². The number of ether oxygens (including phenoxy) is 1. The van der Waals surface area contributed by atoms with Crippen LogP contribution in [0.15, 0.2) is 22.8 Å². The predicted octanol–water partition coefficient (Wildman–Crippen LogP) is 5.35. The van der Waals surface area contributed by atoms with Crippen LogP contribution in [-0.4, -0.2) is 36.0 Å². The van der Waals surface area contributed by atoms with Crippen LogP contribution >= 0.6 is 0 Å². The van der Waals surface area contributed by atoms with Gasteiger partial charge in [0.1, 0.15) is 6.04 Å². The maximum Gasteiger partial charge on any atom is 0.328 e. The predicted molar refractivity (Wildman–Crippen MR) is 106 cm³/mol. The number of carbonyl (C=O) groups is 2. The fourth-order valence-corrected chi connectivity index (χ4v) is 3.66. The van der Waals surface area contributed by atoms with Gasteiger partial charge in [0.25, 0.3) is 5.91 Å². The van der Waals surface area contributed by atoms with Crippen molar-refractivity contribution in [1.29, 1.82) is 0 Å². The summed E-state index contributed by atoms with van der Waals surface area (Å²) in [4.78, 5) is 26.3. The Hall–Kier alpha value is -1.78. The van der Waals surface area contributed by atoms with E-state index in [0.29, 0.717) is 19.6 Å². The molecule has 1 aliphatic heterocycles. The SMILES string of the molecule is CCCCCCCCCCCCOC(=O)C1CCCN1C(=O)c1ccco1. The Kier molecular flexibility index (Phi) is 10.0. The van der Waals surface area contributed by atoms with Crippen molar-refractivity contribution in [1.82, 2.24) is 4.90 Å². The van der Waals surface area contributed by atoms with E-state index in [-0.39, 0.29) is 17.6 Å². The van der Waals surface area contributed by atoms with Gasteiger partial charge in [0.2, 0.25) is 0 Å². The number of furan rings is 1. The van der Waals surface area contributed by atoms with Gasteiger partial charge < -0.3 is 14.1 Å². The number of hydrogen-bond acceptors (Lipinski definition) is 4. The molecule has 0 aromatic carbocycles. The number of likely N-dealkylation sites (tertiary alicyclic amines) is 1. The first kappa shape index (κ1) is 21.5. The van der Waals surface area contributed by atoms with Crippen molar-refractivity contribution in [3.63, 3.8) is 0 Å². The molecule has 152 valence electrons. The van der Waals surface area contributed by atoms with Crippen LogP contribution in [0.5, 0.6) is 0 Å². The van der Waals surface area contributed by atoms with Crippen LogP contribution < -0.4 is 0 Å². The molecule has 1 aromatic heterocycles. The van der Waals surface area contributed by atoms with Crippen molar-refractivity contribution in [3.8, 4) is 0 Å². The Morgan fingerprint density at radius 1 is 1.07 bits per heavy atom. The van der Waals surface area contributed by atoms with E-state index in [4.69, 9.17) is 9.15 Å². The number of nitrogens with zero attached hydrogens (tertiary/aromatic N) is 1. The summed E-state index contributed by atoms with van der Waals surface area (Å²) in [7, 11) is 0. The first-order chi connectivity index (χ1) is 13.2. The van der Waals surface area contributed by atoms with Crippen LogP contribution in [0, 0.1) is 0 Å². The largest absolute Gasteiger partial charge is 0.464 e. The van der Waals surface area contributed by atoms with Crippen LogP contribution in [0.1, 0.15) is 94.5 Å². The topological polar surface area (TPSA) is 59.8 Å². The molecule has 1 aromatic rings. The Morgan fingerprint density at radius 3 is 2.37 bits per heavy atom. The molecule has 2 rings (SSSR count). The van der Waals surface area contributed by atoms with Crippen molar-refractivity contribution < 1.29 is 18.7 Å². The number of esters is 1. The van der Waals surface area contributed by atoms with Gasteiger partial charge in [-0.25, -0.2) is 4.79 Å². The number of carbonyl (C=O) groups excluding carboxylic acids is 2. The maximum absolute atomic E-state index is 12.4. The fraction of sp³-hybridized carbons (Fsp3) is 0.727. The van der Waals surface area contributed by atoms with Gasteiger partial charge in [-0.1, -0.05) is 64.7 Å². The lowest BCUT2D eigenvalue weighted by atomic mass is 10.1. The minimum Gasteiger partial charge on any atom is -0.464 e. The first-order valence-corrected chi connectivity index (χ1v) is 10.7. The van der Waals surface area contributed by atoms with E-state index in [1.807, 2.05) is 0 Å². The Bertz CT molecular complexity index is 541. The first-order valence-electron chi connectivity index (χ1n) is 10.7. The molecule has 0 aliphatic carbocycles. The summed E-state index contributed by atoms with van der Waals surface area (Å²) in [5, 5.41) is 0. The lowest BCUT2D eigenvalue weighted by Crippen LogP contribution is -2.41. The molecular weight excluding hydrogens is 342 g/mol. The fourth-order valence-electron chi connectivity index (χ4n) is 3.66. The van der Waals surface area contributed by atoms with Crippen LogP contribution in [-0.2, 0) is 9.53 Å². The number of unbranched alkanes of at least 4 members (excludes halogenated alkanes) is 9. The third-order valence-electron chi connectivity index (χ3n) is 5.26. The molecule has 0 N–H and O–H groups in total. The molecule has 1 saturated heterocycles. The van der Waals surface area contributed by atoms with E-state index in [2.05, 4.69) is 6.92 Å². The summed E-state index contributed by atoms with van der Waals surface area (Å²) in [6.45, 7) is 3.28. The molecule has 0 bridgehead atoms. The summed E-state index contributed by atoms with van der Waals surface area (Å²) in [5.74, 6) is -0.217. The lowest BCUT2D eigenvalue weighted by molar-refractivity contribution is -0.148. The molecule has 0 radical (unpaired) electrons. The highest BCUT2D eigenvalue weighted by Gasteiger charge is 2.36. The number of rotatable bonds is 13. The van der Waals surface area contributed by atoms with Gasteiger partial charge in [0, 0.05) is 6.54 Å². The van der Waals surface area contributed by atoms with Crippen molar-refractivity contribution in [2.45, 2.75) is 90.0 Å². The summed E-state index contributed by atoms with van der Waals surface area (Å²) in [6.07, 6.45) is 15.5. The zero-order valence-corrected chi connectivity index (χ0v) is 16.8. The van der Waals surface area contributed by atoms with Crippen molar-refractivity contribution in [2.24, 2.45) is 0 Å². The molecule has 27 heavy (non-hydrogen) atoms. The van der Waals surface area contributed by atoms with Crippen molar-refractivity contribution in [3.05, 3.63) is 24.2 Å². The average Bonchev–Trinajstić information content (AvgIpc) is 3.37. The number of amides is 1. The lowest BCUT2D eigenvalue weighted by Gasteiger charge is -2.22. The zero-order valence-electron chi connectivity index (χ0n) is 16.8. The standard InChI is InChI=1S/C22H35NO4/c1-2-3-4-5-6-7-8-9-10-11-17-27-22(25)19-14-12-16-23(19)21(24)20-15-13-18-26-20/h13,15,18-19H,2-12,14,16-17H2,1H3. The van der Waals surface area contributed by atoms with Gasteiger partial charge in [0.15, 0.2) is 5.76 Å². The molecule has 5 heteroatoms. The molecule has 5 nitrogen and oxygen atoms in total. The molecule has 0 spiro atoms. The smallest absolute Gasteiger partial charge is 0.328 e. The molecular formula is C22H35NO4. The second kappa shape index (κ2) is 12.6. The molecule has 1 atom stereocenters. The third kappa shape index (κ3) is 7.39. The summed E-state index contributed by atoms with van der Waals surface area (Å²) < 4.78 is 10.6. The van der Waals surface area contributed by atoms with Crippen LogP contribution in [0.25, 0.3) is 0 Å². The van der Waals surface area contributed by atoms with E-state index < -0.39 is 6.04 Å². The molecule has 1 amide bonds. The van der Waals surface area contributed by atoms with Gasteiger partial charge in [-0.15, -0.1) is 0 Å². The normalized spacial score (nSPS) is 16.6. The Labute approximate surface area is 163 Å². The highest BCUT2D eigenvalue weighted by molar-refractivity contribution is 5.94. The van der Waals surface area contributed by atoms with E-state index >= 15 is 0 Å². The minimum absolute atomic E-state index is 0.224. The third-order valence-corrected chi connectivity index (χ3v) is 5.26. The zero-order chi connectivity index (χ0) is 19.3. The minimum atomic E-state index is -0.467. The van der Waals surface area contributed by atoms with Crippen LogP contribution in [0.2, 0.25) is 0 Å². The van der Waals surface area contributed by atoms with Gasteiger partial charge in [-0.3, -0.25) is 4.79 Å². The average molecular weight is 378 g/mol. The molecule has 2 heterocycles. The Morgan fingerprint density at radius 2 is 1.74 bits per heavy atom. The van der Waals surface area contributed by atoms with Gasteiger partial charge >= 0.3 is 5.97 Å². The van der Waals surface area contributed by atoms with Gasteiger partial charge in [-0.05, 0) is 31.4 Å². The highest BCUT2D eigenvalue weighted by atomic mass is 16.5. The van der Waals surface area contributed by atoms with Crippen molar-refractivity contribution in [2.75, 3.05) is 13.2 Å². The quantitative estimate of drug-likeness (QED) is 0.343. The summed E-state index contributed by atoms with van der Waals surface area (Å²) in [5.41, 5.74) is 0. The molecule has 0 saturated carbocycles. The van der Waals surface area contributed by atoms with E-state index in [1.54, 1.807) is 17.0 Å². The van der Waals surface area contributed by atoms with Crippen LogP contribution in [0.4, 0.5) is 0 Å².